The van der Waals surface area contributed by atoms with Gasteiger partial charge in [0.05, 0.1) is 19.9 Å². The van der Waals surface area contributed by atoms with Gasteiger partial charge >= 0.3 is 0 Å². The Kier molecular flexibility index (Phi) is 4.72. The van der Waals surface area contributed by atoms with Crippen molar-refractivity contribution in [3.8, 4) is 23.0 Å². The van der Waals surface area contributed by atoms with Gasteiger partial charge in [-0.15, -0.1) is 10.2 Å². The molecular formula is C19H18N4O3S. The Hall–Kier alpha value is -3.00. The summed E-state index contributed by atoms with van der Waals surface area (Å²) in [6, 6.07) is 9.51. The summed E-state index contributed by atoms with van der Waals surface area (Å²) in [7, 11) is 3.20. The van der Waals surface area contributed by atoms with E-state index in [1.807, 2.05) is 48.0 Å². The predicted molar refractivity (Wildman–Crippen MR) is 102 cm³/mol. The van der Waals surface area contributed by atoms with E-state index in [-0.39, 0.29) is 0 Å². The van der Waals surface area contributed by atoms with Crippen molar-refractivity contribution in [2.75, 3.05) is 14.2 Å². The van der Waals surface area contributed by atoms with Crippen molar-refractivity contribution >= 4 is 17.4 Å². The second-order valence-corrected chi connectivity index (χ2v) is 6.84. The SMILES string of the molecule is COc1cc(OC)cc(-c2nnc(SCc3cn4cccc(C)c4n3)o2)c1. The van der Waals surface area contributed by atoms with Crippen molar-refractivity contribution in [3.05, 3.63) is 54.0 Å². The Morgan fingerprint density at radius 3 is 2.59 bits per heavy atom. The van der Waals surface area contributed by atoms with Crippen molar-refractivity contribution in [2.45, 2.75) is 17.9 Å². The largest absolute Gasteiger partial charge is 0.497 e. The number of thioether (sulfide) groups is 1. The van der Waals surface area contributed by atoms with Gasteiger partial charge in [0.2, 0.25) is 5.89 Å². The van der Waals surface area contributed by atoms with Gasteiger partial charge in [0.25, 0.3) is 5.22 Å². The van der Waals surface area contributed by atoms with E-state index in [4.69, 9.17) is 13.9 Å². The van der Waals surface area contributed by atoms with Gasteiger partial charge in [-0.2, -0.15) is 0 Å². The Balaban J connectivity index is 1.52. The van der Waals surface area contributed by atoms with Crippen molar-refractivity contribution < 1.29 is 13.9 Å². The first kappa shape index (κ1) is 17.4. The summed E-state index contributed by atoms with van der Waals surface area (Å²) in [6.45, 7) is 2.05. The highest BCUT2D eigenvalue weighted by Gasteiger charge is 2.13. The van der Waals surface area contributed by atoms with Gasteiger partial charge in [-0.1, -0.05) is 17.8 Å². The normalized spacial score (nSPS) is 11.1. The summed E-state index contributed by atoms with van der Waals surface area (Å²) < 4.78 is 18.4. The fourth-order valence-corrected chi connectivity index (χ4v) is 3.37. The Labute approximate surface area is 160 Å². The van der Waals surface area contributed by atoms with Gasteiger partial charge in [0.1, 0.15) is 17.1 Å². The molecule has 8 heteroatoms. The van der Waals surface area contributed by atoms with Crippen LogP contribution in [0.4, 0.5) is 0 Å². The van der Waals surface area contributed by atoms with Gasteiger partial charge in [-0.3, -0.25) is 0 Å². The van der Waals surface area contributed by atoms with Crippen molar-refractivity contribution in [1.29, 1.82) is 0 Å². The molecule has 4 rings (SSSR count). The van der Waals surface area contributed by atoms with E-state index in [1.54, 1.807) is 20.3 Å². The van der Waals surface area contributed by atoms with Crippen LogP contribution in [-0.2, 0) is 5.75 Å². The molecule has 3 aromatic heterocycles. The molecule has 0 saturated carbocycles. The highest BCUT2D eigenvalue weighted by atomic mass is 32.2. The van der Waals surface area contributed by atoms with Crippen molar-refractivity contribution in [2.24, 2.45) is 0 Å². The smallest absolute Gasteiger partial charge is 0.277 e. The minimum atomic E-state index is 0.417. The molecule has 138 valence electrons. The van der Waals surface area contributed by atoms with Gasteiger partial charge in [-0.05, 0) is 30.7 Å². The number of aryl methyl sites for hydroxylation is 1. The number of nitrogens with zero attached hydrogens (tertiary/aromatic N) is 4. The van der Waals surface area contributed by atoms with Gasteiger partial charge in [0, 0.05) is 29.8 Å². The fourth-order valence-electron chi connectivity index (χ4n) is 2.73. The van der Waals surface area contributed by atoms with E-state index in [0.717, 1.165) is 22.5 Å². The van der Waals surface area contributed by atoms with Crippen molar-refractivity contribution in [3.63, 3.8) is 0 Å². The highest BCUT2D eigenvalue weighted by Crippen LogP contribution is 2.31. The molecule has 0 spiro atoms. The second kappa shape index (κ2) is 7.32. The zero-order valence-electron chi connectivity index (χ0n) is 15.2. The van der Waals surface area contributed by atoms with Gasteiger partial charge in [0.15, 0.2) is 0 Å². The van der Waals surface area contributed by atoms with Crippen LogP contribution in [-0.4, -0.2) is 33.8 Å². The lowest BCUT2D eigenvalue weighted by atomic mass is 10.2. The van der Waals surface area contributed by atoms with Crippen LogP contribution in [0.3, 0.4) is 0 Å². The lowest BCUT2D eigenvalue weighted by molar-refractivity contribution is 0.394. The van der Waals surface area contributed by atoms with Crippen LogP contribution in [0, 0.1) is 6.92 Å². The number of rotatable bonds is 6. The second-order valence-electron chi connectivity index (χ2n) is 5.92. The Morgan fingerprint density at radius 2 is 1.89 bits per heavy atom. The zero-order chi connectivity index (χ0) is 18.8. The molecule has 0 fully saturated rings. The van der Waals surface area contributed by atoms with Crippen LogP contribution in [0.5, 0.6) is 11.5 Å². The van der Waals surface area contributed by atoms with E-state index >= 15 is 0 Å². The molecule has 4 aromatic rings. The number of hydrogen-bond acceptors (Lipinski definition) is 7. The van der Waals surface area contributed by atoms with Crippen LogP contribution in [0.15, 0.2) is 52.4 Å². The zero-order valence-corrected chi connectivity index (χ0v) is 16.0. The monoisotopic (exact) mass is 382 g/mol. The van der Waals surface area contributed by atoms with E-state index < -0.39 is 0 Å². The maximum Gasteiger partial charge on any atom is 0.277 e. The number of hydrogen-bond donors (Lipinski definition) is 0. The molecule has 1 aromatic carbocycles. The molecule has 0 aliphatic heterocycles. The minimum absolute atomic E-state index is 0.417. The Bertz CT molecular complexity index is 1070. The molecule has 0 unspecified atom stereocenters. The summed E-state index contributed by atoms with van der Waals surface area (Å²) in [4.78, 5) is 4.66. The number of methoxy groups -OCH3 is 2. The summed E-state index contributed by atoms with van der Waals surface area (Å²) in [5.74, 6) is 2.39. The molecule has 0 radical (unpaired) electrons. The van der Waals surface area contributed by atoms with E-state index in [1.165, 1.54) is 11.8 Å². The van der Waals surface area contributed by atoms with Crippen molar-refractivity contribution in [1.82, 2.24) is 19.6 Å². The maximum atomic E-state index is 5.78. The third-order valence-corrected chi connectivity index (χ3v) is 4.93. The van der Waals surface area contributed by atoms with E-state index in [9.17, 15) is 0 Å². The first-order valence-corrected chi connectivity index (χ1v) is 9.28. The molecule has 0 atom stereocenters. The number of benzene rings is 1. The maximum absolute atomic E-state index is 5.78. The van der Waals surface area contributed by atoms with Crippen LogP contribution in [0.1, 0.15) is 11.3 Å². The van der Waals surface area contributed by atoms with Gasteiger partial charge in [-0.25, -0.2) is 4.98 Å². The summed E-state index contributed by atoms with van der Waals surface area (Å²) in [6.07, 6.45) is 4.00. The molecule has 0 N–H and O–H groups in total. The molecule has 27 heavy (non-hydrogen) atoms. The average Bonchev–Trinajstić information content (AvgIpc) is 3.33. The molecule has 7 nitrogen and oxygen atoms in total. The predicted octanol–water partition coefficient (Wildman–Crippen LogP) is 4.00. The first-order valence-electron chi connectivity index (χ1n) is 8.29. The number of fused-ring (bicyclic) bond motifs is 1. The molecule has 3 heterocycles. The fraction of sp³-hybridized carbons (Fsp3) is 0.211. The van der Waals surface area contributed by atoms with Gasteiger partial charge < -0.3 is 18.3 Å². The number of imidazole rings is 1. The highest BCUT2D eigenvalue weighted by molar-refractivity contribution is 7.98. The lowest BCUT2D eigenvalue weighted by Crippen LogP contribution is -1.88. The van der Waals surface area contributed by atoms with E-state index in [2.05, 4.69) is 15.2 Å². The van der Waals surface area contributed by atoms with E-state index in [0.29, 0.717) is 28.4 Å². The molecular weight excluding hydrogens is 364 g/mol. The van der Waals surface area contributed by atoms with Crippen LogP contribution >= 0.6 is 11.8 Å². The first-order chi connectivity index (χ1) is 13.2. The quantitative estimate of drug-likeness (QED) is 0.467. The Morgan fingerprint density at radius 1 is 1.11 bits per heavy atom. The van der Waals surface area contributed by atoms with Crippen LogP contribution < -0.4 is 9.47 Å². The average molecular weight is 382 g/mol. The number of pyridine rings is 1. The molecule has 0 bridgehead atoms. The summed E-state index contributed by atoms with van der Waals surface area (Å²) >= 11 is 1.45. The summed E-state index contributed by atoms with van der Waals surface area (Å²) in [5, 5.41) is 8.74. The molecule has 0 aliphatic rings. The topological polar surface area (TPSA) is 74.7 Å². The molecule has 0 amide bonds. The minimum Gasteiger partial charge on any atom is -0.497 e. The summed E-state index contributed by atoms with van der Waals surface area (Å²) in [5.41, 5.74) is 3.80. The van der Waals surface area contributed by atoms with Crippen LogP contribution in [0.2, 0.25) is 0 Å². The molecule has 0 saturated heterocycles. The number of aromatic nitrogens is 4. The third kappa shape index (κ3) is 3.61. The number of ether oxygens (including phenoxy) is 2. The molecule has 0 aliphatic carbocycles. The third-order valence-electron chi connectivity index (χ3n) is 4.08. The van der Waals surface area contributed by atoms with Crippen LogP contribution in [0.25, 0.3) is 17.1 Å². The standard InChI is InChI=1S/C19H18N4O3S/c1-12-5-4-6-23-10-14(20-17(12)23)11-27-19-22-21-18(26-19)13-7-15(24-2)9-16(8-13)25-3/h4-10H,11H2,1-3H3. The lowest BCUT2D eigenvalue weighted by Gasteiger charge is -2.05.